The lowest BCUT2D eigenvalue weighted by Crippen LogP contribution is -2.24. The Morgan fingerprint density at radius 3 is 2.00 bits per heavy atom. The fourth-order valence-corrected chi connectivity index (χ4v) is 2.55. The lowest BCUT2D eigenvalue weighted by molar-refractivity contribution is -0.140. The summed E-state index contributed by atoms with van der Waals surface area (Å²) in [5.41, 5.74) is 0. The molecule has 0 bridgehead atoms. The highest BCUT2D eigenvalue weighted by molar-refractivity contribution is 5.20. The zero-order valence-electron chi connectivity index (χ0n) is 17.7. The van der Waals surface area contributed by atoms with E-state index in [0.717, 1.165) is 32.1 Å². The molecule has 0 N–H and O–H groups in total. The van der Waals surface area contributed by atoms with Crippen LogP contribution in [-0.2, 0) is 9.47 Å². The van der Waals surface area contributed by atoms with Crippen LogP contribution in [0.2, 0.25) is 0 Å². The summed E-state index contributed by atoms with van der Waals surface area (Å²) in [7, 11) is 0. The van der Waals surface area contributed by atoms with Gasteiger partial charge >= 0.3 is 0 Å². The van der Waals surface area contributed by atoms with Crippen molar-refractivity contribution in [3.05, 3.63) is 30.3 Å². The number of para-hydroxylation sites is 1. The van der Waals surface area contributed by atoms with Crippen molar-refractivity contribution < 1.29 is 14.2 Å². The van der Waals surface area contributed by atoms with Crippen LogP contribution in [0.3, 0.4) is 0 Å². The molecule has 0 spiro atoms. The van der Waals surface area contributed by atoms with Crippen LogP contribution in [0.5, 0.6) is 5.75 Å². The Balaban J connectivity index is 0.000000446. The molecular formula is C22H41NO3. The second-order valence-electron chi connectivity index (χ2n) is 5.89. The standard InChI is InChI=1S/C11H15NO.C9H20O2.C2H6/c1-2-6-11(7-3-1)13-10-12-8-4-5-9-12;1-4-7-8-9(10-5-2)11-6-3;1-2/h1-3,6-7H,4-5,8-10H2;9H,4-8H2,1-3H3;1-2H3. The third-order valence-corrected chi connectivity index (χ3v) is 3.85. The highest BCUT2D eigenvalue weighted by Gasteiger charge is 2.10. The monoisotopic (exact) mass is 367 g/mol. The molecule has 0 saturated carbocycles. The molecule has 0 aromatic heterocycles. The average Bonchev–Trinajstić information content (AvgIpc) is 3.21. The average molecular weight is 368 g/mol. The summed E-state index contributed by atoms with van der Waals surface area (Å²) in [5.74, 6) is 0.967. The van der Waals surface area contributed by atoms with E-state index in [1.165, 1.54) is 38.8 Å². The van der Waals surface area contributed by atoms with Crippen molar-refractivity contribution in [3.8, 4) is 5.75 Å². The van der Waals surface area contributed by atoms with Gasteiger partial charge in [0, 0.05) is 26.3 Å². The molecule has 1 heterocycles. The molecular weight excluding hydrogens is 326 g/mol. The van der Waals surface area contributed by atoms with Crippen molar-refractivity contribution >= 4 is 0 Å². The summed E-state index contributed by atoms with van der Waals surface area (Å²) in [6.07, 6.45) is 6.08. The number of ether oxygens (including phenoxy) is 3. The third-order valence-electron chi connectivity index (χ3n) is 3.85. The van der Waals surface area contributed by atoms with Crippen molar-refractivity contribution in [2.45, 2.75) is 73.0 Å². The lowest BCUT2D eigenvalue weighted by atomic mass is 10.2. The van der Waals surface area contributed by atoms with Crippen molar-refractivity contribution in [1.29, 1.82) is 0 Å². The van der Waals surface area contributed by atoms with Crippen molar-refractivity contribution in [3.63, 3.8) is 0 Å². The smallest absolute Gasteiger partial charge is 0.157 e. The van der Waals surface area contributed by atoms with Gasteiger partial charge < -0.3 is 14.2 Å². The van der Waals surface area contributed by atoms with Crippen LogP contribution in [0.25, 0.3) is 0 Å². The summed E-state index contributed by atoms with van der Waals surface area (Å²) < 4.78 is 16.3. The van der Waals surface area contributed by atoms with Crippen molar-refractivity contribution in [2.75, 3.05) is 33.0 Å². The number of nitrogens with zero attached hydrogens (tertiary/aromatic N) is 1. The van der Waals surface area contributed by atoms with Gasteiger partial charge in [0.05, 0.1) is 0 Å². The predicted octanol–water partition coefficient (Wildman–Crippen LogP) is 5.72. The first-order valence-electron chi connectivity index (χ1n) is 10.4. The molecule has 0 atom stereocenters. The lowest BCUT2D eigenvalue weighted by Gasteiger charge is -2.15. The summed E-state index contributed by atoms with van der Waals surface area (Å²) >= 11 is 0. The van der Waals surface area contributed by atoms with Gasteiger partial charge in [-0.15, -0.1) is 0 Å². The first-order chi connectivity index (χ1) is 12.8. The number of rotatable bonds is 10. The van der Waals surface area contributed by atoms with Crippen LogP contribution < -0.4 is 4.74 Å². The van der Waals surface area contributed by atoms with Gasteiger partial charge in [-0.2, -0.15) is 0 Å². The van der Waals surface area contributed by atoms with Gasteiger partial charge in [-0.25, -0.2) is 0 Å². The van der Waals surface area contributed by atoms with Crippen LogP contribution in [0.4, 0.5) is 0 Å². The highest BCUT2D eigenvalue weighted by Crippen LogP contribution is 2.11. The maximum absolute atomic E-state index is 5.62. The molecule has 0 radical (unpaired) electrons. The van der Waals surface area contributed by atoms with Gasteiger partial charge in [0.15, 0.2) is 6.29 Å². The van der Waals surface area contributed by atoms with E-state index in [1.54, 1.807) is 0 Å². The van der Waals surface area contributed by atoms with Gasteiger partial charge in [-0.05, 0) is 51.7 Å². The van der Waals surface area contributed by atoms with E-state index in [9.17, 15) is 0 Å². The Kier molecular flexibility index (Phi) is 17.9. The number of unbranched alkanes of at least 4 members (excludes halogenated alkanes) is 1. The van der Waals surface area contributed by atoms with Crippen LogP contribution >= 0.6 is 0 Å². The van der Waals surface area contributed by atoms with Crippen molar-refractivity contribution in [1.82, 2.24) is 4.90 Å². The second kappa shape index (κ2) is 18.7. The van der Waals surface area contributed by atoms with Gasteiger partial charge in [-0.3, -0.25) is 4.90 Å². The molecule has 1 aliphatic rings. The van der Waals surface area contributed by atoms with E-state index in [4.69, 9.17) is 14.2 Å². The topological polar surface area (TPSA) is 30.9 Å². The van der Waals surface area contributed by atoms with E-state index < -0.39 is 0 Å². The molecule has 4 heteroatoms. The Morgan fingerprint density at radius 2 is 1.50 bits per heavy atom. The van der Waals surface area contributed by atoms with Gasteiger partial charge in [0.2, 0.25) is 0 Å². The number of likely N-dealkylation sites (tertiary alicyclic amines) is 1. The fraction of sp³-hybridized carbons (Fsp3) is 0.727. The van der Waals surface area contributed by atoms with Crippen LogP contribution in [0, 0.1) is 0 Å². The maximum atomic E-state index is 5.62. The molecule has 2 rings (SSSR count). The Hall–Kier alpha value is -1.10. The first kappa shape index (κ1) is 24.9. The molecule has 4 nitrogen and oxygen atoms in total. The number of hydrogen-bond donors (Lipinski definition) is 0. The highest BCUT2D eigenvalue weighted by atomic mass is 16.7. The minimum Gasteiger partial charge on any atom is -0.478 e. The minimum atomic E-state index is 0.0324. The van der Waals surface area contributed by atoms with E-state index in [1.807, 2.05) is 58.0 Å². The molecule has 1 aromatic rings. The molecule has 1 fully saturated rings. The molecule has 26 heavy (non-hydrogen) atoms. The molecule has 0 unspecified atom stereocenters. The van der Waals surface area contributed by atoms with E-state index in [2.05, 4.69) is 11.8 Å². The maximum Gasteiger partial charge on any atom is 0.157 e. The third kappa shape index (κ3) is 13.2. The SMILES string of the molecule is CC.CCCCC(OCC)OCC.c1ccc(OCN2CCCC2)cc1. The normalized spacial score (nSPS) is 13.6. The summed E-state index contributed by atoms with van der Waals surface area (Å²) in [4.78, 5) is 2.34. The summed E-state index contributed by atoms with van der Waals surface area (Å²) in [6.45, 7) is 14.8. The quantitative estimate of drug-likeness (QED) is 0.495. The van der Waals surface area contributed by atoms with Crippen molar-refractivity contribution in [2.24, 2.45) is 0 Å². The molecule has 152 valence electrons. The molecule has 1 aromatic carbocycles. The zero-order valence-corrected chi connectivity index (χ0v) is 17.7. The largest absolute Gasteiger partial charge is 0.478 e. The van der Waals surface area contributed by atoms with E-state index in [-0.39, 0.29) is 6.29 Å². The van der Waals surface area contributed by atoms with Crippen LogP contribution in [-0.4, -0.2) is 44.2 Å². The molecule has 0 aliphatic carbocycles. The molecule has 0 amide bonds. The number of benzene rings is 1. The minimum absolute atomic E-state index is 0.0324. The Morgan fingerprint density at radius 1 is 0.923 bits per heavy atom. The number of hydrogen-bond acceptors (Lipinski definition) is 4. The van der Waals surface area contributed by atoms with Gasteiger partial charge in [0.1, 0.15) is 12.5 Å². The second-order valence-corrected chi connectivity index (χ2v) is 5.89. The summed E-state index contributed by atoms with van der Waals surface area (Å²) in [6, 6.07) is 9.99. The van der Waals surface area contributed by atoms with Gasteiger partial charge in [0.25, 0.3) is 0 Å². The zero-order chi connectivity index (χ0) is 19.5. The van der Waals surface area contributed by atoms with E-state index in [0.29, 0.717) is 0 Å². The van der Waals surface area contributed by atoms with Crippen LogP contribution in [0.1, 0.15) is 66.7 Å². The van der Waals surface area contributed by atoms with Crippen LogP contribution in [0.15, 0.2) is 30.3 Å². The Labute approximate surface area is 161 Å². The first-order valence-corrected chi connectivity index (χ1v) is 10.4. The van der Waals surface area contributed by atoms with E-state index >= 15 is 0 Å². The Bertz CT molecular complexity index is 374. The predicted molar refractivity (Wildman–Crippen MR) is 111 cm³/mol. The summed E-state index contributed by atoms with van der Waals surface area (Å²) in [5, 5.41) is 0. The molecule has 1 aliphatic heterocycles. The fourth-order valence-electron chi connectivity index (χ4n) is 2.55. The molecule has 1 saturated heterocycles. The van der Waals surface area contributed by atoms with Gasteiger partial charge in [-0.1, -0.05) is 45.4 Å².